The number of carbonyl (C=O) groups is 3. The number of carboxylic acid groups (broad SMARTS) is 1. The van der Waals surface area contributed by atoms with E-state index in [9.17, 15) is 24.6 Å². The first kappa shape index (κ1) is 21.0. The van der Waals surface area contributed by atoms with E-state index in [0.717, 1.165) is 0 Å². The number of phenols is 1. The fourth-order valence-corrected chi connectivity index (χ4v) is 4.82. The Morgan fingerprint density at radius 1 is 1.35 bits per heavy atom. The van der Waals surface area contributed by atoms with E-state index in [4.69, 9.17) is 5.73 Å². The van der Waals surface area contributed by atoms with Crippen molar-refractivity contribution >= 4 is 29.5 Å². The smallest absolute Gasteiger partial charge is 0.548 e. The van der Waals surface area contributed by atoms with Crippen LogP contribution in [0.15, 0.2) is 24.3 Å². The molecule has 0 aliphatic carbocycles. The molecule has 2 fully saturated rings. The van der Waals surface area contributed by atoms with Gasteiger partial charge in [-0.2, -0.15) is 0 Å². The minimum atomic E-state index is -1.31. The van der Waals surface area contributed by atoms with E-state index in [2.05, 4.69) is 5.32 Å². The molecule has 1 aromatic carbocycles. The van der Waals surface area contributed by atoms with Crippen LogP contribution in [0.25, 0.3) is 0 Å². The molecule has 2 amide bonds. The monoisotopic (exact) mass is 387 g/mol. The fraction of sp³-hybridized carbons (Fsp3) is 0.438. The van der Waals surface area contributed by atoms with E-state index >= 15 is 0 Å². The first-order valence-corrected chi connectivity index (χ1v) is 8.57. The number of benzene rings is 1. The topological polar surface area (TPSA) is 136 Å². The van der Waals surface area contributed by atoms with Gasteiger partial charge in [0.1, 0.15) is 23.2 Å². The summed E-state index contributed by atoms with van der Waals surface area (Å²) in [7, 11) is 0. The molecule has 2 aliphatic heterocycles. The van der Waals surface area contributed by atoms with Crippen molar-refractivity contribution in [2.45, 2.75) is 42.1 Å². The van der Waals surface area contributed by atoms with Crippen molar-refractivity contribution in [1.82, 2.24) is 10.2 Å². The quantitative estimate of drug-likeness (QED) is 0.351. The first-order valence-electron chi connectivity index (χ1n) is 7.69. The van der Waals surface area contributed by atoms with Gasteiger partial charge >= 0.3 is 29.6 Å². The van der Waals surface area contributed by atoms with E-state index in [1.54, 1.807) is 13.8 Å². The molecule has 0 aromatic heterocycles. The van der Waals surface area contributed by atoms with Crippen LogP contribution in [-0.4, -0.2) is 50.0 Å². The summed E-state index contributed by atoms with van der Waals surface area (Å²) in [5.74, 6) is -2.25. The van der Waals surface area contributed by atoms with Gasteiger partial charge in [0.15, 0.2) is 0 Å². The van der Waals surface area contributed by atoms with Crippen LogP contribution in [0.4, 0.5) is 0 Å². The molecule has 2 saturated heterocycles. The molecule has 1 aromatic rings. The maximum absolute atomic E-state index is 12.3. The molecule has 3 unspecified atom stereocenters. The Hall–Kier alpha value is -1.26. The van der Waals surface area contributed by atoms with Crippen LogP contribution in [0.3, 0.4) is 0 Å². The molecule has 0 spiro atoms. The van der Waals surface area contributed by atoms with Gasteiger partial charge in [0.05, 0.1) is 12.0 Å². The molecule has 0 saturated carbocycles. The van der Waals surface area contributed by atoms with Crippen LogP contribution in [0.1, 0.15) is 25.5 Å². The van der Waals surface area contributed by atoms with Gasteiger partial charge in [0, 0.05) is 4.75 Å². The molecule has 10 heteroatoms. The van der Waals surface area contributed by atoms with Crippen molar-refractivity contribution in [3.05, 3.63) is 29.8 Å². The summed E-state index contributed by atoms with van der Waals surface area (Å²) in [6.45, 7) is 3.45. The van der Waals surface area contributed by atoms with E-state index in [-0.39, 0.29) is 35.3 Å². The van der Waals surface area contributed by atoms with Crippen LogP contribution in [-0.2, 0) is 14.4 Å². The summed E-state index contributed by atoms with van der Waals surface area (Å²) in [6.07, 6.45) is 0. The van der Waals surface area contributed by atoms with Gasteiger partial charge in [-0.05, 0) is 31.5 Å². The number of hydrogen-bond acceptors (Lipinski definition) is 7. The molecule has 0 bridgehead atoms. The second-order valence-electron chi connectivity index (χ2n) is 6.63. The number of nitrogens with two attached hydrogens (primary N) is 1. The van der Waals surface area contributed by atoms with Crippen LogP contribution < -0.4 is 45.7 Å². The molecule has 0 radical (unpaired) electrons. The zero-order valence-corrected chi connectivity index (χ0v) is 17.4. The predicted octanol–water partition coefficient (Wildman–Crippen LogP) is -4.31. The SMILES string of the molecule is CC1(C)S[C@@H]2C(NC(=O)C(N)c3ccc(O)cc3)C(=O)N2C1C(=O)[O-].[Na+]. The van der Waals surface area contributed by atoms with Crippen molar-refractivity contribution in [3.8, 4) is 5.75 Å². The molecule has 8 nitrogen and oxygen atoms in total. The van der Waals surface area contributed by atoms with Gasteiger partial charge in [-0.15, -0.1) is 11.8 Å². The number of carboxylic acids is 1. The minimum absolute atomic E-state index is 0. The Morgan fingerprint density at radius 2 is 1.92 bits per heavy atom. The Labute approximate surface area is 176 Å². The third-order valence-electron chi connectivity index (χ3n) is 4.50. The Kier molecular flexibility index (Phi) is 5.99. The molecular weight excluding hydrogens is 369 g/mol. The molecule has 134 valence electrons. The average Bonchev–Trinajstić information content (AvgIpc) is 2.80. The number of nitrogens with one attached hydrogen (secondary N) is 1. The number of aliphatic carboxylic acids is 1. The summed E-state index contributed by atoms with van der Waals surface area (Å²) in [5, 5.41) is 22.8. The molecule has 4 atom stereocenters. The molecule has 4 N–H and O–H groups in total. The third kappa shape index (κ3) is 3.46. The number of fused-ring (bicyclic) bond motifs is 1. The first-order chi connectivity index (χ1) is 11.6. The second-order valence-corrected chi connectivity index (χ2v) is 8.41. The van der Waals surface area contributed by atoms with Gasteiger partial charge in [0.25, 0.3) is 0 Å². The standard InChI is InChI=1S/C16H19N3O5S.Na/c1-16(2)11(15(23)24)19-13(22)10(14(19)25-16)18-12(21)9(17)7-3-5-8(20)6-4-7;/h3-6,9-11,14,20H,17H2,1-2H3,(H,18,21)(H,23,24);/q;+1/p-1/t9?,10?,11?,14-;/m1./s1. The van der Waals surface area contributed by atoms with Crippen molar-refractivity contribution in [2.24, 2.45) is 5.73 Å². The molecule has 26 heavy (non-hydrogen) atoms. The zero-order chi connectivity index (χ0) is 18.5. The number of amides is 2. The van der Waals surface area contributed by atoms with Gasteiger partial charge in [-0.3, -0.25) is 9.59 Å². The third-order valence-corrected chi connectivity index (χ3v) is 6.07. The number of carbonyl (C=O) groups excluding carboxylic acids is 3. The van der Waals surface area contributed by atoms with Gasteiger partial charge in [-0.25, -0.2) is 0 Å². The van der Waals surface area contributed by atoms with Crippen LogP contribution in [0, 0.1) is 0 Å². The Balaban J connectivity index is 0.00000243. The Morgan fingerprint density at radius 3 is 2.46 bits per heavy atom. The normalized spacial score (nSPS) is 27.0. The van der Waals surface area contributed by atoms with Crippen molar-refractivity contribution < 1.29 is 54.2 Å². The van der Waals surface area contributed by atoms with Crippen LogP contribution >= 0.6 is 11.8 Å². The average molecular weight is 387 g/mol. The summed E-state index contributed by atoms with van der Waals surface area (Å²) >= 11 is 1.31. The molecule has 3 rings (SSSR count). The molecular formula is C16H18N3NaO5S. The minimum Gasteiger partial charge on any atom is -0.548 e. The zero-order valence-electron chi connectivity index (χ0n) is 14.6. The van der Waals surface area contributed by atoms with Crippen molar-refractivity contribution in [1.29, 1.82) is 0 Å². The summed E-state index contributed by atoms with van der Waals surface area (Å²) < 4.78 is -0.711. The summed E-state index contributed by atoms with van der Waals surface area (Å²) in [5.41, 5.74) is 6.39. The maximum Gasteiger partial charge on any atom is 1.00 e. The van der Waals surface area contributed by atoms with Gasteiger partial charge < -0.3 is 31.0 Å². The molecule has 2 heterocycles. The summed E-state index contributed by atoms with van der Waals surface area (Å²) in [4.78, 5) is 37.3. The summed E-state index contributed by atoms with van der Waals surface area (Å²) in [6, 6.07) is 3.02. The number of phenolic OH excluding ortho intramolecular Hbond substituents is 1. The van der Waals surface area contributed by atoms with E-state index in [1.165, 1.54) is 40.9 Å². The van der Waals surface area contributed by atoms with Crippen molar-refractivity contribution in [2.75, 3.05) is 0 Å². The van der Waals surface area contributed by atoms with E-state index in [1.807, 2.05) is 0 Å². The predicted molar refractivity (Wildman–Crippen MR) is 88.1 cm³/mol. The number of thioether (sulfide) groups is 1. The van der Waals surface area contributed by atoms with Crippen LogP contribution in [0.2, 0.25) is 0 Å². The largest absolute Gasteiger partial charge is 1.00 e. The van der Waals surface area contributed by atoms with E-state index < -0.39 is 46.0 Å². The van der Waals surface area contributed by atoms with Gasteiger partial charge in [-0.1, -0.05) is 12.1 Å². The number of nitrogens with zero attached hydrogens (tertiary/aromatic N) is 1. The fourth-order valence-electron chi connectivity index (χ4n) is 3.20. The molecule has 2 aliphatic rings. The number of hydrogen-bond donors (Lipinski definition) is 3. The van der Waals surface area contributed by atoms with Crippen molar-refractivity contribution in [3.63, 3.8) is 0 Å². The van der Waals surface area contributed by atoms with Crippen LogP contribution in [0.5, 0.6) is 5.75 Å². The maximum atomic E-state index is 12.3. The van der Waals surface area contributed by atoms with E-state index in [0.29, 0.717) is 5.56 Å². The second kappa shape index (κ2) is 7.40. The number of β-lactam (4-membered cyclic amide) rings is 1. The number of aromatic hydroxyl groups is 1. The Bertz CT molecular complexity index is 742. The van der Waals surface area contributed by atoms with Gasteiger partial charge in [0.2, 0.25) is 11.8 Å². The number of rotatable bonds is 4.